The highest BCUT2D eigenvalue weighted by molar-refractivity contribution is 7.85. The van der Waals surface area contributed by atoms with E-state index < -0.39 is 10.1 Å². The molecule has 0 atom stereocenters. The molecule has 4 nitrogen and oxygen atoms in total. The van der Waals surface area contributed by atoms with Crippen LogP contribution in [-0.2, 0) is 10.1 Å². The number of hydrogen-bond acceptors (Lipinski definition) is 2. The van der Waals surface area contributed by atoms with E-state index in [0.29, 0.717) is 6.42 Å². The fourth-order valence-corrected chi connectivity index (χ4v) is 1.46. The predicted molar refractivity (Wildman–Crippen MR) is 48.8 cm³/mol. The summed E-state index contributed by atoms with van der Waals surface area (Å²) in [6, 6.07) is 0. The molecule has 0 radical (unpaired) electrons. The summed E-state index contributed by atoms with van der Waals surface area (Å²) < 4.78 is 28.8. The van der Waals surface area contributed by atoms with Crippen LogP contribution in [0.25, 0.3) is 0 Å². The Morgan fingerprint density at radius 3 is 2.00 bits per heavy atom. The van der Waals surface area contributed by atoms with E-state index in [2.05, 4.69) is 6.92 Å². The average molecular weight is 198 g/mol. The second-order valence-electron chi connectivity index (χ2n) is 2.70. The quantitative estimate of drug-likeness (QED) is 0.510. The summed E-state index contributed by atoms with van der Waals surface area (Å²) in [5, 5.41) is 0. The first-order valence-electron chi connectivity index (χ1n) is 4.01. The molecule has 0 aromatic carbocycles. The van der Waals surface area contributed by atoms with Gasteiger partial charge in [0.25, 0.3) is 10.1 Å². The van der Waals surface area contributed by atoms with Crippen molar-refractivity contribution in [1.82, 2.24) is 0 Å². The molecule has 0 aromatic rings. The Hall–Kier alpha value is -0.130. The molecule has 0 unspecified atom stereocenters. The van der Waals surface area contributed by atoms with Crippen LogP contribution in [0.1, 0.15) is 39.0 Å². The number of unbranched alkanes of at least 4 members (excludes halogenated alkanes) is 4. The molecule has 76 valence electrons. The molecule has 0 bridgehead atoms. The Morgan fingerprint density at radius 1 is 1.08 bits per heavy atom. The van der Waals surface area contributed by atoms with Crippen LogP contribution in [0.4, 0.5) is 0 Å². The third kappa shape index (κ3) is 12.5. The molecule has 0 aliphatic carbocycles. The fraction of sp³-hybridized carbons (Fsp3) is 1.00. The smallest absolute Gasteiger partial charge is 0.264 e. The topological polar surface area (TPSA) is 85.9 Å². The maximum absolute atomic E-state index is 10.2. The summed E-state index contributed by atoms with van der Waals surface area (Å²) >= 11 is 0. The first kappa shape index (κ1) is 14.4. The monoisotopic (exact) mass is 198 g/mol. The Labute approximate surface area is 74.0 Å². The number of hydrogen-bond donors (Lipinski definition) is 1. The molecule has 0 rings (SSSR count). The van der Waals surface area contributed by atoms with Crippen molar-refractivity contribution in [3.63, 3.8) is 0 Å². The zero-order valence-electron chi connectivity index (χ0n) is 7.41. The Kier molecular flexibility index (Phi) is 9.02. The molecule has 3 N–H and O–H groups in total. The minimum atomic E-state index is -3.71. The third-order valence-corrected chi connectivity index (χ3v) is 2.31. The molecule has 12 heavy (non-hydrogen) atoms. The van der Waals surface area contributed by atoms with Crippen molar-refractivity contribution < 1.29 is 18.4 Å². The van der Waals surface area contributed by atoms with Gasteiger partial charge in [0.2, 0.25) is 0 Å². The molecular weight excluding hydrogens is 180 g/mol. The highest BCUT2D eigenvalue weighted by Gasteiger charge is 2.02. The Balaban J connectivity index is 0. The van der Waals surface area contributed by atoms with Crippen LogP contribution < -0.4 is 0 Å². The van der Waals surface area contributed by atoms with E-state index >= 15 is 0 Å². The summed E-state index contributed by atoms with van der Waals surface area (Å²) in [4.78, 5) is 0. The predicted octanol–water partition coefficient (Wildman–Crippen LogP) is 1.02. The van der Waals surface area contributed by atoms with Gasteiger partial charge in [-0.25, -0.2) is 0 Å². The van der Waals surface area contributed by atoms with Gasteiger partial charge in [-0.05, 0) is 6.42 Å². The lowest BCUT2D eigenvalue weighted by Crippen LogP contribution is -2.03. The van der Waals surface area contributed by atoms with E-state index in [9.17, 15) is 8.42 Å². The molecule has 0 aliphatic heterocycles. The molecule has 0 saturated carbocycles. The van der Waals surface area contributed by atoms with Crippen molar-refractivity contribution in [2.24, 2.45) is 0 Å². The van der Waals surface area contributed by atoms with Gasteiger partial charge in [0.05, 0.1) is 5.75 Å². The van der Waals surface area contributed by atoms with Crippen molar-refractivity contribution in [2.45, 2.75) is 39.0 Å². The molecular formula is C7H18O4S. The molecule has 5 heteroatoms. The molecule has 0 saturated heterocycles. The highest BCUT2D eigenvalue weighted by atomic mass is 32.2. The van der Waals surface area contributed by atoms with Crippen LogP contribution in [0, 0.1) is 0 Å². The molecule has 0 amide bonds. The van der Waals surface area contributed by atoms with Crippen LogP contribution in [0.2, 0.25) is 0 Å². The molecule has 0 fully saturated rings. The van der Waals surface area contributed by atoms with Crippen molar-refractivity contribution in [3.8, 4) is 0 Å². The Morgan fingerprint density at radius 2 is 1.58 bits per heavy atom. The lowest BCUT2D eigenvalue weighted by atomic mass is 10.2. The van der Waals surface area contributed by atoms with Gasteiger partial charge in [-0.15, -0.1) is 0 Å². The summed E-state index contributed by atoms with van der Waals surface area (Å²) in [7, 11) is -3.71. The van der Waals surface area contributed by atoms with Crippen LogP contribution in [-0.4, -0.2) is 24.2 Å². The van der Waals surface area contributed by atoms with Gasteiger partial charge in [-0.3, -0.25) is 4.55 Å². The van der Waals surface area contributed by atoms with E-state index in [1.54, 1.807) is 0 Å². The normalized spacial score (nSPS) is 10.8. The Bertz CT molecular complexity index is 174. The first-order valence-corrected chi connectivity index (χ1v) is 5.62. The summed E-state index contributed by atoms with van der Waals surface area (Å²) in [6.07, 6.45) is 4.83. The van der Waals surface area contributed by atoms with E-state index in [1.165, 1.54) is 0 Å². The lowest BCUT2D eigenvalue weighted by molar-refractivity contribution is 0.479. The highest BCUT2D eigenvalue weighted by Crippen LogP contribution is 2.03. The molecule has 0 aliphatic rings. The largest absolute Gasteiger partial charge is 0.412 e. The lowest BCUT2D eigenvalue weighted by Gasteiger charge is -1.96. The van der Waals surface area contributed by atoms with Gasteiger partial charge in [-0.2, -0.15) is 8.42 Å². The molecule has 0 aromatic heterocycles. The maximum Gasteiger partial charge on any atom is 0.264 e. The maximum atomic E-state index is 10.2. The third-order valence-electron chi connectivity index (χ3n) is 1.51. The minimum Gasteiger partial charge on any atom is -0.412 e. The van der Waals surface area contributed by atoms with Gasteiger partial charge in [0.1, 0.15) is 0 Å². The van der Waals surface area contributed by atoms with Gasteiger partial charge in [0.15, 0.2) is 0 Å². The first-order chi connectivity index (χ1) is 5.06. The zero-order chi connectivity index (χ0) is 8.74. The van der Waals surface area contributed by atoms with Gasteiger partial charge in [-0.1, -0.05) is 32.6 Å². The number of rotatable bonds is 6. The SMILES string of the molecule is CCCCCCCS(=O)(=O)O.O. The van der Waals surface area contributed by atoms with E-state index in [1.807, 2.05) is 0 Å². The standard InChI is InChI=1S/C7H16O3S.H2O/c1-2-3-4-5-6-7-11(8,9)10;/h2-7H2,1H3,(H,8,9,10);1H2. The summed E-state index contributed by atoms with van der Waals surface area (Å²) in [5.41, 5.74) is 0. The van der Waals surface area contributed by atoms with Gasteiger partial charge >= 0.3 is 0 Å². The summed E-state index contributed by atoms with van der Waals surface area (Å²) in [6.45, 7) is 2.10. The average Bonchev–Trinajstić information content (AvgIpc) is 1.85. The van der Waals surface area contributed by atoms with Crippen molar-refractivity contribution in [1.29, 1.82) is 0 Å². The van der Waals surface area contributed by atoms with Gasteiger partial charge in [0, 0.05) is 0 Å². The fourth-order valence-electron chi connectivity index (χ4n) is 0.888. The van der Waals surface area contributed by atoms with E-state index in [-0.39, 0.29) is 11.2 Å². The van der Waals surface area contributed by atoms with Crippen LogP contribution in [0.15, 0.2) is 0 Å². The van der Waals surface area contributed by atoms with Crippen molar-refractivity contribution in [2.75, 3.05) is 5.75 Å². The van der Waals surface area contributed by atoms with Crippen molar-refractivity contribution >= 4 is 10.1 Å². The second-order valence-corrected chi connectivity index (χ2v) is 4.27. The summed E-state index contributed by atoms with van der Waals surface area (Å²) in [5.74, 6) is -0.0866. The van der Waals surface area contributed by atoms with Crippen LogP contribution >= 0.6 is 0 Å². The van der Waals surface area contributed by atoms with Crippen LogP contribution in [0.5, 0.6) is 0 Å². The molecule has 0 heterocycles. The van der Waals surface area contributed by atoms with E-state index in [4.69, 9.17) is 4.55 Å². The van der Waals surface area contributed by atoms with Gasteiger partial charge < -0.3 is 5.48 Å². The van der Waals surface area contributed by atoms with E-state index in [0.717, 1.165) is 25.7 Å². The minimum absolute atomic E-state index is 0. The molecule has 0 spiro atoms. The zero-order valence-corrected chi connectivity index (χ0v) is 8.23. The van der Waals surface area contributed by atoms with Crippen molar-refractivity contribution in [3.05, 3.63) is 0 Å². The second kappa shape index (κ2) is 7.52. The van der Waals surface area contributed by atoms with Crippen LogP contribution in [0.3, 0.4) is 0 Å².